The molecule has 1 aliphatic rings. The van der Waals surface area contributed by atoms with Crippen LogP contribution in [0.1, 0.15) is 10.4 Å². The Morgan fingerprint density at radius 3 is 2.43 bits per heavy atom. The molecule has 1 fully saturated rings. The zero-order valence-electron chi connectivity index (χ0n) is 12.4. The third-order valence-corrected chi connectivity index (χ3v) is 5.29. The van der Waals surface area contributed by atoms with Gasteiger partial charge in [0.15, 0.2) is 0 Å². The fourth-order valence-electron chi connectivity index (χ4n) is 2.45. The highest BCUT2D eigenvalue weighted by atomic mass is 127. The van der Waals surface area contributed by atoms with Crippen LogP contribution in [0.4, 0.5) is 11.4 Å². The number of hydrogen-bond donors (Lipinski definition) is 1. The maximum atomic E-state index is 12.4. The van der Waals surface area contributed by atoms with E-state index in [1.807, 2.05) is 42.5 Å². The van der Waals surface area contributed by atoms with Crippen LogP contribution >= 0.6 is 45.2 Å². The molecule has 0 atom stereocenters. The van der Waals surface area contributed by atoms with Crippen LogP contribution in [0.15, 0.2) is 42.5 Å². The number of nitrogens with zero attached hydrogens (tertiary/aromatic N) is 1. The Bertz CT molecular complexity index is 698. The van der Waals surface area contributed by atoms with Crippen molar-refractivity contribution in [2.24, 2.45) is 0 Å². The molecule has 0 bridgehead atoms. The van der Waals surface area contributed by atoms with E-state index in [2.05, 4.69) is 55.4 Å². The molecule has 1 saturated heterocycles. The number of amides is 1. The number of halogens is 2. The third kappa shape index (κ3) is 4.36. The molecule has 0 radical (unpaired) electrons. The summed E-state index contributed by atoms with van der Waals surface area (Å²) in [5, 5.41) is 2.97. The van der Waals surface area contributed by atoms with E-state index in [0.29, 0.717) is 5.56 Å². The van der Waals surface area contributed by atoms with Gasteiger partial charge >= 0.3 is 0 Å². The molecular weight excluding hydrogens is 518 g/mol. The Balaban J connectivity index is 1.70. The summed E-state index contributed by atoms with van der Waals surface area (Å²) in [5.41, 5.74) is 2.67. The van der Waals surface area contributed by atoms with Crippen molar-refractivity contribution in [2.45, 2.75) is 0 Å². The predicted octanol–water partition coefficient (Wildman–Crippen LogP) is 3.98. The van der Waals surface area contributed by atoms with Crippen molar-refractivity contribution in [1.82, 2.24) is 0 Å². The minimum Gasteiger partial charge on any atom is -0.378 e. The van der Waals surface area contributed by atoms with E-state index in [1.54, 1.807) is 0 Å². The number of hydrogen-bond acceptors (Lipinski definition) is 3. The summed E-state index contributed by atoms with van der Waals surface area (Å²) in [6.45, 7) is 3.35. The first-order chi connectivity index (χ1) is 11.1. The number of carbonyl (C=O) groups is 1. The Labute approximate surface area is 162 Å². The molecule has 120 valence electrons. The first kappa shape index (κ1) is 17.0. The molecule has 0 saturated carbocycles. The summed E-state index contributed by atoms with van der Waals surface area (Å²) in [6.07, 6.45) is 0. The summed E-state index contributed by atoms with van der Waals surface area (Å²) < 4.78 is 7.37. The molecule has 1 aliphatic heterocycles. The van der Waals surface area contributed by atoms with Gasteiger partial charge in [-0.25, -0.2) is 0 Å². The van der Waals surface area contributed by atoms with Crippen molar-refractivity contribution >= 4 is 62.5 Å². The Morgan fingerprint density at radius 1 is 1.04 bits per heavy atom. The lowest BCUT2D eigenvalue weighted by molar-refractivity contribution is 0.102. The summed E-state index contributed by atoms with van der Waals surface area (Å²) in [7, 11) is 0. The van der Waals surface area contributed by atoms with Gasteiger partial charge in [-0.2, -0.15) is 0 Å². The van der Waals surface area contributed by atoms with Crippen LogP contribution in [0.3, 0.4) is 0 Å². The molecule has 2 aromatic carbocycles. The summed E-state index contributed by atoms with van der Waals surface area (Å²) >= 11 is 4.40. The second-order valence-electron chi connectivity index (χ2n) is 5.22. The second-order valence-corrected chi connectivity index (χ2v) is 7.63. The molecule has 0 aliphatic carbocycles. The molecule has 23 heavy (non-hydrogen) atoms. The largest absolute Gasteiger partial charge is 0.378 e. The lowest BCUT2D eigenvalue weighted by Gasteiger charge is -2.28. The third-order valence-electron chi connectivity index (χ3n) is 3.67. The molecule has 6 heteroatoms. The smallest absolute Gasteiger partial charge is 0.256 e. The SMILES string of the molecule is O=C(Nc1ccc(N2CCOCC2)cc1)c1cc(I)ccc1I. The van der Waals surface area contributed by atoms with Crippen molar-refractivity contribution in [3.8, 4) is 0 Å². The number of anilines is 2. The van der Waals surface area contributed by atoms with E-state index in [-0.39, 0.29) is 5.91 Å². The van der Waals surface area contributed by atoms with Gasteiger partial charge in [-0.15, -0.1) is 0 Å². The second kappa shape index (κ2) is 7.80. The topological polar surface area (TPSA) is 41.6 Å². The zero-order chi connectivity index (χ0) is 16.2. The average Bonchev–Trinajstić information content (AvgIpc) is 2.58. The molecule has 1 heterocycles. The van der Waals surface area contributed by atoms with E-state index >= 15 is 0 Å². The van der Waals surface area contributed by atoms with E-state index in [9.17, 15) is 4.79 Å². The number of ether oxygens (including phenoxy) is 1. The van der Waals surface area contributed by atoms with E-state index in [0.717, 1.165) is 44.8 Å². The zero-order valence-corrected chi connectivity index (χ0v) is 16.7. The summed E-state index contributed by atoms with van der Waals surface area (Å²) in [6, 6.07) is 13.8. The van der Waals surface area contributed by atoms with Crippen LogP contribution in [-0.4, -0.2) is 32.2 Å². The molecule has 3 rings (SSSR count). The van der Waals surface area contributed by atoms with Gasteiger partial charge < -0.3 is 15.0 Å². The van der Waals surface area contributed by atoms with Crippen molar-refractivity contribution in [3.05, 3.63) is 55.2 Å². The van der Waals surface area contributed by atoms with Gasteiger partial charge in [0.2, 0.25) is 0 Å². The van der Waals surface area contributed by atoms with E-state index < -0.39 is 0 Å². The molecular formula is C17H16I2N2O2. The number of carbonyl (C=O) groups excluding carboxylic acids is 1. The number of rotatable bonds is 3. The fraction of sp³-hybridized carbons (Fsp3) is 0.235. The predicted molar refractivity (Wildman–Crippen MR) is 109 cm³/mol. The fourth-order valence-corrected chi connectivity index (χ4v) is 3.52. The first-order valence-corrected chi connectivity index (χ1v) is 9.48. The highest BCUT2D eigenvalue weighted by molar-refractivity contribution is 14.1. The first-order valence-electron chi connectivity index (χ1n) is 7.32. The standard InChI is InChI=1S/C17H16I2N2O2/c18-12-1-6-16(19)15(11-12)17(22)20-13-2-4-14(5-3-13)21-7-9-23-10-8-21/h1-6,11H,7-10H2,(H,20,22). The van der Waals surface area contributed by atoms with Crippen molar-refractivity contribution in [1.29, 1.82) is 0 Å². The monoisotopic (exact) mass is 534 g/mol. The minimum absolute atomic E-state index is 0.0768. The number of morpholine rings is 1. The number of nitrogens with one attached hydrogen (secondary N) is 1. The molecule has 1 N–H and O–H groups in total. The average molecular weight is 534 g/mol. The van der Waals surface area contributed by atoms with Crippen molar-refractivity contribution in [3.63, 3.8) is 0 Å². The lowest BCUT2D eigenvalue weighted by Crippen LogP contribution is -2.36. The van der Waals surface area contributed by atoms with Gasteiger partial charge in [0.05, 0.1) is 18.8 Å². The minimum atomic E-state index is -0.0768. The lowest BCUT2D eigenvalue weighted by atomic mass is 10.2. The highest BCUT2D eigenvalue weighted by Gasteiger charge is 2.13. The van der Waals surface area contributed by atoms with Gasteiger partial charge in [0.1, 0.15) is 0 Å². The van der Waals surface area contributed by atoms with Crippen LogP contribution in [0.25, 0.3) is 0 Å². The van der Waals surface area contributed by atoms with Gasteiger partial charge in [0.25, 0.3) is 5.91 Å². The Morgan fingerprint density at radius 2 is 1.74 bits per heavy atom. The quantitative estimate of drug-likeness (QED) is 0.607. The van der Waals surface area contributed by atoms with Gasteiger partial charge in [-0.1, -0.05) is 0 Å². The molecule has 2 aromatic rings. The van der Waals surface area contributed by atoms with Crippen LogP contribution in [-0.2, 0) is 4.74 Å². The molecule has 4 nitrogen and oxygen atoms in total. The number of benzene rings is 2. The Kier molecular flexibility index (Phi) is 5.76. The van der Waals surface area contributed by atoms with Crippen LogP contribution in [0.2, 0.25) is 0 Å². The van der Waals surface area contributed by atoms with Gasteiger partial charge in [0, 0.05) is 31.6 Å². The highest BCUT2D eigenvalue weighted by Crippen LogP contribution is 2.21. The Hall–Kier alpha value is -0.870. The van der Waals surface area contributed by atoms with E-state index in [4.69, 9.17) is 4.74 Å². The van der Waals surface area contributed by atoms with Crippen molar-refractivity contribution < 1.29 is 9.53 Å². The maximum Gasteiger partial charge on any atom is 0.256 e. The summed E-state index contributed by atoms with van der Waals surface area (Å²) in [4.78, 5) is 14.7. The molecule has 0 aromatic heterocycles. The summed E-state index contributed by atoms with van der Waals surface area (Å²) in [5.74, 6) is -0.0768. The molecule has 1 amide bonds. The van der Waals surface area contributed by atoms with Crippen LogP contribution < -0.4 is 10.2 Å². The van der Waals surface area contributed by atoms with Crippen molar-refractivity contribution in [2.75, 3.05) is 36.5 Å². The van der Waals surface area contributed by atoms with E-state index in [1.165, 1.54) is 0 Å². The normalized spacial score (nSPS) is 14.6. The van der Waals surface area contributed by atoms with Crippen LogP contribution in [0, 0.1) is 7.14 Å². The maximum absolute atomic E-state index is 12.4. The van der Waals surface area contributed by atoms with Gasteiger partial charge in [-0.3, -0.25) is 4.79 Å². The van der Waals surface area contributed by atoms with Crippen LogP contribution in [0.5, 0.6) is 0 Å². The molecule has 0 unspecified atom stereocenters. The van der Waals surface area contributed by atoms with Gasteiger partial charge in [-0.05, 0) is 87.6 Å². The molecule has 0 spiro atoms.